The lowest BCUT2D eigenvalue weighted by Gasteiger charge is -2.20. The minimum Gasteiger partial charge on any atom is -0.496 e. The van der Waals surface area contributed by atoms with E-state index in [1.165, 1.54) is 11.1 Å². The number of aliphatic hydroxyl groups excluding tert-OH is 2. The molecule has 0 amide bonds. The van der Waals surface area contributed by atoms with Gasteiger partial charge in [-0.05, 0) is 30.7 Å². The molecule has 1 atom stereocenters. The molecule has 0 aliphatic heterocycles. The molecule has 0 saturated carbocycles. The fourth-order valence-corrected chi connectivity index (χ4v) is 2.00. The first-order chi connectivity index (χ1) is 8.60. The summed E-state index contributed by atoms with van der Waals surface area (Å²) >= 11 is 0. The smallest absolute Gasteiger partial charge is 0.122 e. The molecule has 0 radical (unpaired) electrons. The highest BCUT2D eigenvalue weighted by Gasteiger charge is 2.08. The molecule has 1 unspecified atom stereocenters. The van der Waals surface area contributed by atoms with Gasteiger partial charge in [0.2, 0.25) is 0 Å². The Hall–Kier alpha value is -1.10. The van der Waals surface area contributed by atoms with Crippen molar-refractivity contribution in [3.8, 4) is 5.75 Å². The topological polar surface area (TPSA) is 52.9 Å². The lowest BCUT2D eigenvalue weighted by Crippen LogP contribution is -2.30. The fourth-order valence-electron chi connectivity index (χ4n) is 2.00. The summed E-state index contributed by atoms with van der Waals surface area (Å²) in [6, 6.07) is 6.13. The van der Waals surface area contributed by atoms with Gasteiger partial charge in [-0.3, -0.25) is 4.90 Å². The van der Waals surface area contributed by atoms with Gasteiger partial charge in [0, 0.05) is 13.1 Å². The third-order valence-corrected chi connectivity index (χ3v) is 2.91. The van der Waals surface area contributed by atoms with Crippen LogP contribution in [0.5, 0.6) is 5.75 Å². The lowest BCUT2D eigenvalue weighted by molar-refractivity contribution is 0.0648. The van der Waals surface area contributed by atoms with Crippen LogP contribution in [0.1, 0.15) is 18.1 Å². The van der Waals surface area contributed by atoms with Gasteiger partial charge in [-0.25, -0.2) is 0 Å². The lowest BCUT2D eigenvalue weighted by atomic mass is 10.1. The zero-order valence-electron chi connectivity index (χ0n) is 11.4. The van der Waals surface area contributed by atoms with Gasteiger partial charge in [0.15, 0.2) is 0 Å². The third kappa shape index (κ3) is 4.29. The SMILES string of the molecule is CCc1cc(CN(C)CC(O)CO)ccc1OC. The Kier molecular flexibility index (Phi) is 6.12. The van der Waals surface area contributed by atoms with Crippen molar-refractivity contribution in [1.29, 1.82) is 0 Å². The zero-order valence-corrected chi connectivity index (χ0v) is 11.4. The number of ether oxygens (including phenoxy) is 1. The fraction of sp³-hybridized carbons (Fsp3) is 0.571. The van der Waals surface area contributed by atoms with Crippen molar-refractivity contribution in [3.05, 3.63) is 29.3 Å². The van der Waals surface area contributed by atoms with Crippen LogP contribution in [-0.2, 0) is 13.0 Å². The van der Waals surface area contributed by atoms with Crippen LogP contribution in [0.15, 0.2) is 18.2 Å². The van der Waals surface area contributed by atoms with Crippen LogP contribution in [0.2, 0.25) is 0 Å². The zero-order chi connectivity index (χ0) is 13.5. The number of methoxy groups -OCH3 is 1. The van der Waals surface area contributed by atoms with Crippen LogP contribution in [-0.4, -0.2) is 48.5 Å². The van der Waals surface area contributed by atoms with Crippen LogP contribution < -0.4 is 4.74 Å². The molecule has 0 aromatic heterocycles. The Labute approximate surface area is 109 Å². The summed E-state index contributed by atoms with van der Waals surface area (Å²) in [5.74, 6) is 0.916. The van der Waals surface area contributed by atoms with E-state index in [2.05, 4.69) is 13.0 Å². The average molecular weight is 253 g/mol. The van der Waals surface area contributed by atoms with E-state index in [1.54, 1.807) is 7.11 Å². The number of benzene rings is 1. The Bertz CT molecular complexity index is 368. The number of nitrogens with zero attached hydrogens (tertiary/aromatic N) is 1. The highest BCUT2D eigenvalue weighted by molar-refractivity contribution is 5.37. The molecule has 4 nitrogen and oxygen atoms in total. The molecule has 2 N–H and O–H groups in total. The minimum absolute atomic E-state index is 0.201. The maximum atomic E-state index is 9.38. The van der Waals surface area contributed by atoms with Crippen molar-refractivity contribution in [1.82, 2.24) is 4.90 Å². The van der Waals surface area contributed by atoms with E-state index < -0.39 is 6.10 Å². The minimum atomic E-state index is -0.682. The molecule has 18 heavy (non-hydrogen) atoms. The highest BCUT2D eigenvalue weighted by atomic mass is 16.5. The van der Waals surface area contributed by atoms with Crippen molar-refractivity contribution >= 4 is 0 Å². The molecule has 0 fully saturated rings. The van der Waals surface area contributed by atoms with E-state index in [0.29, 0.717) is 6.54 Å². The first-order valence-corrected chi connectivity index (χ1v) is 6.24. The van der Waals surface area contributed by atoms with Crippen LogP contribution in [0.3, 0.4) is 0 Å². The number of likely N-dealkylation sites (N-methyl/N-ethyl adjacent to an activating group) is 1. The van der Waals surface area contributed by atoms with E-state index in [1.807, 2.05) is 24.1 Å². The van der Waals surface area contributed by atoms with Gasteiger partial charge >= 0.3 is 0 Å². The predicted molar refractivity (Wildman–Crippen MR) is 71.8 cm³/mol. The van der Waals surface area contributed by atoms with Gasteiger partial charge in [0.05, 0.1) is 19.8 Å². The molecule has 0 spiro atoms. The number of aryl methyl sites for hydroxylation is 1. The summed E-state index contributed by atoms with van der Waals surface area (Å²) in [4.78, 5) is 1.99. The molecule has 0 aliphatic rings. The normalized spacial score (nSPS) is 12.8. The molecule has 1 aromatic carbocycles. The molecule has 1 aromatic rings. The standard InChI is InChI=1S/C14H23NO3/c1-4-12-7-11(5-6-14(12)18-3)8-15(2)9-13(17)10-16/h5-7,13,16-17H,4,8-10H2,1-3H3. The van der Waals surface area contributed by atoms with Gasteiger partial charge in [0.1, 0.15) is 5.75 Å². The maximum absolute atomic E-state index is 9.38. The second kappa shape index (κ2) is 7.36. The molecule has 102 valence electrons. The van der Waals surface area contributed by atoms with Gasteiger partial charge < -0.3 is 14.9 Å². The van der Waals surface area contributed by atoms with Gasteiger partial charge in [-0.15, -0.1) is 0 Å². The molecular weight excluding hydrogens is 230 g/mol. The summed E-state index contributed by atoms with van der Waals surface area (Å²) in [6.45, 7) is 3.10. The van der Waals surface area contributed by atoms with Crippen molar-refractivity contribution < 1.29 is 14.9 Å². The summed E-state index contributed by atoms with van der Waals surface area (Å²) in [5, 5.41) is 18.2. The summed E-state index contributed by atoms with van der Waals surface area (Å²) in [5.41, 5.74) is 2.37. The van der Waals surface area contributed by atoms with Gasteiger partial charge in [-0.2, -0.15) is 0 Å². The van der Waals surface area contributed by atoms with Crippen LogP contribution in [0, 0.1) is 0 Å². The van der Waals surface area contributed by atoms with E-state index in [4.69, 9.17) is 9.84 Å². The first kappa shape index (κ1) is 15.0. The van der Waals surface area contributed by atoms with Crippen LogP contribution in [0.25, 0.3) is 0 Å². The Morgan fingerprint density at radius 1 is 1.39 bits per heavy atom. The van der Waals surface area contributed by atoms with E-state index in [9.17, 15) is 5.11 Å². The molecule has 1 rings (SSSR count). The third-order valence-electron chi connectivity index (χ3n) is 2.91. The molecule has 0 heterocycles. The molecule has 0 saturated heterocycles. The van der Waals surface area contributed by atoms with Gasteiger partial charge in [0.25, 0.3) is 0 Å². The van der Waals surface area contributed by atoms with Crippen molar-refractivity contribution in [3.63, 3.8) is 0 Å². The number of rotatable bonds is 7. The largest absolute Gasteiger partial charge is 0.496 e. The Morgan fingerprint density at radius 3 is 2.67 bits per heavy atom. The highest BCUT2D eigenvalue weighted by Crippen LogP contribution is 2.21. The van der Waals surface area contributed by atoms with E-state index in [-0.39, 0.29) is 6.61 Å². The van der Waals surface area contributed by atoms with Crippen molar-refractivity contribution in [2.45, 2.75) is 26.0 Å². The number of hydrogen-bond acceptors (Lipinski definition) is 4. The second-order valence-corrected chi connectivity index (χ2v) is 4.53. The molecule has 4 heteroatoms. The number of hydrogen-bond donors (Lipinski definition) is 2. The Morgan fingerprint density at radius 2 is 2.11 bits per heavy atom. The number of aliphatic hydroxyl groups is 2. The van der Waals surface area contributed by atoms with Crippen LogP contribution in [0.4, 0.5) is 0 Å². The van der Waals surface area contributed by atoms with E-state index >= 15 is 0 Å². The summed E-state index contributed by atoms with van der Waals surface area (Å²) in [6.07, 6.45) is 0.249. The maximum Gasteiger partial charge on any atom is 0.122 e. The average Bonchev–Trinajstić information content (AvgIpc) is 2.38. The molecule has 0 aliphatic carbocycles. The quantitative estimate of drug-likeness (QED) is 0.762. The van der Waals surface area contributed by atoms with E-state index in [0.717, 1.165) is 18.7 Å². The summed E-state index contributed by atoms with van der Waals surface area (Å²) < 4.78 is 5.29. The van der Waals surface area contributed by atoms with Crippen LogP contribution >= 0.6 is 0 Å². The second-order valence-electron chi connectivity index (χ2n) is 4.53. The first-order valence-electron chi connectivity index (χ1n) is 6.24. The van der Waals surface area contributed by atoms with Crippen molar-refractivity contribution in [2.24, 2.45) is 0 Å². The Balaban J connectivity index is 2.67. The molecule has 0 bridgehead atoms. The van der Waals surface area contributed by atoms with Gasteiger partial charge in [-0.1, -0.05) is 19.1 Å². The van der Waals surface area contributed by atoms with Crippen molar-refractivity contribution in [2.75, 3.05) is 27.3 Å². The monoisotopic (exact) mass is 253 g/mol. The summed E-state index contributed by atoms with van der Waals surface area (Å²) in [7, 11) is 3.60. The molecular formula is C14H23NO3. The predicted octanol–water partition coefficient (Wildman–Crippen LogP) is 1.04.